The first-order chi connectivity index (χ1) is 27.6. The van der Waals surface area contributed by atoms with Crippen LogP contribution in [-0.4, -0.2) is 79.3 Å². The van der Waals surface area contributed by atoms with Crippen LogP contribution in [0.1, 0.15) is 22.5 Å². The molecule has 0 radical (unpaired) electrons. The molecule has 6 aromatic rings. The zero-order valence-electron chi connectivity index (χ0n) is 32.1. The van der Waals surface area contributed by atoms with Crippen molar-refractivity contribution in [3.63, 3.8) is 0 Å². The van der Waals surface area contributed by atoms with Gasteiger partial charge in [-0.05, 0) is 71.8 Å². The van der Waals surface area contributed by atoms with Gasteiger partial charge in [0.2, 0.25) is 0 Å². The molecule has 2 heterocycles. The fourth-order valence-corrected chi connectivity index (χ4v) is 5.30. The molecule has 14 nitrogen and oxygen atoms in total. The summed E-state index contributed by atoms with van der Waals surface area (Å²) in [5.41, 5.74) is 6.10. The van der Waals surface area contributed by atoms with E-state index in [2.05, 4.69) is 41.0 Å². The van der Waals surface area contributed by atoms with E-state index >= 15 is 0 Å². The average Bonchev–Trinajstić information content (AvgIpc) is 3.24. The van der Waals surface area contributed by atoms with Gasteiger partial charge in [0.1, 0.15) is 24.2 Å². The second-order valence-electron chi connectivity index (χ2n) is 11.5. The summed E-state index contributed by atoms with van der Waals surface area (Å²) in [5.74, 6) is 2.80. The van der Waals surface area contributed by atoms with Gasteiger partial charge < -0.3 is 38.3 Å². The van der Waals surface area contributed by atoms with E-state index in [4.69, 9.17) is 23.7 Å². The van der Waals surface area contributed by atoms with Crippen molar-refractivity contribution in [1.29, 1.82) is 0 Å². The number of carbonyl (C=O) groups excluding carboxylic acids is 2. The summed E-state index contributed by atoms with van der Waals surface area (Å²) in [6.07, 6.45) is 3.36. The second-order valence-corrected chi connectivity index (χ2v) is 11.8. The van der Waals surface area contributed by atoms with Gasteiger partial charge in [-0.2, -0.15) is 0 Å². The molecule has 0 aliphatic carbocycles. The van der Waals surface area contributed by atoms with Gasteiger partial charge in [0.05, 0.1) is 54.0 Å². The molecule has 0 fully saturated rings. The van der Waals surface area contributed by atoms with Crippen LogP contribution in [0.4, 0.5) is 9.59 Å². The van der Waals surface area contributed by atoms with Gasteiger partial charge in [-0.25, -0.2) is 29.5 Å². The highest BCUT2D eigenvalue weighted by Gasteiger charge is 2.14. The number of phenols is 1. The number of methoxy groups -OCH3 is 6. The molecule has 296 valence electrons. The van der Waals surface area contributed by atoms with Crippen molar-refractivity contribution in [2.75, 3.05) is 42.7 Å². The van der Waals surface area contributed by atoms with E-state index < -0.39 is 11.6 Å². The minimum absolute atomic E-state index is 0.119. The topological polar surface area (TPSA) is 171 Å². The van der Waals surface area contributed by atoms with Crippen molar-refractivity contribution >= 4 is 23.2 Å². The number of phenolic OH excluding ortho intramolecular Hbond substituents is 1. The number of hydrogen-bond acceptors (Lipinski definition) is 14. The van der Waals surface area contributed by atoms with Crippen LogP contribution in [0.5, 0.6) is 34.5 Å². The van der Waals surface area contributed by atoms with Crippen molar-refractivity contribution < 1.29 is 47.9 Å². The Morgan fingerprint density at radius 1 is 0.544 bits per heavy atom. The van der Waals surface area contributed by atoms with Crippen molar-refractivity contribution in [1.82, 2.24) is 19.9 Å². The molecule has 0 atom stereocenters. The van der Waals surface area contributed by atoms with Crippen molar-refractivity contribution in [3.8, 4) is 57.0 Å². The normalized spacial score (nSPS) is 10.0. The first-order valence-corrected chi connectivity index (χ1v) is 17.4. The Bertz CT molecular complexity index is 2260. The summed E-state index contributed by atoms with van der Waals surface area (Å²) >= 11 is 4.60. The lowest BCUT2D eigenvalue weighted by molar-refractivity contribution is 0.120. The maximum absolute atomic E-state index is 11.4. The molecule has 0 aliphatic heterocycles. The van der Waals surface area contributed by atoms with Gasteiger partial charge in [-0.3, -0.25) is 0 Å². The number of hydrogen-bond donors (Lipinski definition) is 1. The standard InChI is InChI=1S/C21H20N2O5.C19H18N2O3.C2H3ClO2/c1-25-18-7-5-4-6-16(18)17-12-15(22-13-23-17)10-14-8-9-19(26-2)20(11-14)28-21(24)27-3;1-23-18-6-4-3-5-15(18)16-11-14(20-12-21-16)9-13-7-8-19(24-2)17(22)10-13;1-5-2(3)4/h4-9,11-13H,10H2,1-3H3;3-8,10-12,22H,9H2,1-2H3;1H3. The second kappa shape index (κ2) is 21.8. The van der Waals surface area contributed by atoms with Crippen LogP contribution in [0.15, 0.2) is 110 Å². The number of para-hydroxylation sites is 2. The largest absolute Gasteiger partial charge is 0.513 e. The predicted octanol–water partition coefficient (Wildman–Crippen LogP) is 8.35. The molecule has 0 unspecified atom stereocenters. The van der Waals surface area contributed by atoms with Gasteiger partial charge in [0, 0.05) is 47.0 Å². The Kier molecular flexibility index (Phi) is 16.4. The van der Waals surface area contributed by atoms with Crippen LogP contribution in [-0.2, 0) is 22.3 Å². The van der Waals surface area contributed by atoms with Crippen molar-refractivity contribution in [2.45, 2.75) is 12.8 Å². The smallest absolute Gasteiger partial charge is 0.504 e. The number of ether oxygens (including phenoxy) is 7. The fraction of sp³-hybridized carbons (Fsp3) is 0.190. The van der Waals surface area contributed by atoms with Gasteiger partial charge in [0.15, 0.2) is 23.0 Å². The summed E-state index contributed by atoms with van der Waals surface area (Å²) in [4.78, 5) is 38.2. The molecule has 0 aliphatic rings. The Labute approximate surface area is 334 Å². The molecule has 0 bridgehead atoms. The SMILES string of the molecule is COC(=O)Cl.COC(=O)Oc1cc(Cc2cc(-c3ccccc3OC)ncn2)ccc1OC.COc1ccc(Cc2cc(-c3ccccc3OC)ncn2)cc1O. The highest BCUT2D eigenvalue weighted by atomic mass is 35.5. The lowest BCUT2D eigenvalue weighted by atomic mass is 10.1. The molecule has 0 saturated heterocycles. The fourth-order valence-electron chi connectivity index (χ4n) is 5.30. The van der Waals surface area contributed by atoms with Crippen LogP contribution < -0.4 is 23.7 Å². The number of benzene rings is 4. The van der Waals surface area contributed by atoms with Crippen molar-refractivity contribution in [3.05, 3.63) is 132 Å². The quantitative estimate of drug-likeness (QED) is 0.0754. The molecule has 1 N–H and O–H groups in total. The van der Waals surface area contributed by atoms with Crippen LogP contribution in [0.25, 0.3) is 22.5 Å². The molecule has 2 aromatic heterocycles. The third kappa shape index (κ3) is 12.6. The first-order valence-electron chi connectivity index (χ1n) is 17.0. The van der Waals surface area contributed by atoms with Gasteiger partial charge in [0.25, 0.3) is 0 Å². The molecule has 0 saturated carbocycles. The lowest BCUT2D eigenvalue weighted by Gasteiger charge is -2.11. The third-order valence-electron chi connectivity index (χ3n) is 7.98. The molecule has 6 rings (SSSR count). The Morgan fingerprint density at radius 2 is 1.00 bits per heavy atom. The monoisotopic (exact) mass is 796 g/mol. The molecular weight excluding hydrogens is 756 g/mol. The average molecular weight is 797 g/mol. The van der Waals surface area contributed by atoms with Gasteiger partial charge in [-0.15, -0.1) is 0 Å². The number of aromatic hydroxyl groups is 1. The van der Waals surface area contributed by atoms with E-state index in [1.165, 1.54) is 34.8 Å². The minimum Gasteiger partial charge on any atom is -0.504 e. The summed E-state index contributed by atoms with van der Waals surface area (Å²) < 4.78 is 34.7. The Balaban J connectivity index is 0.000000228. The van der Waals surface area contributed by atoms with Crippen LogP contribution in [0.3, 0.4) is 0 Å². The van der Waals surface area contributed by atoms with Crippen LogP contribution in [0.2, 0.25) is 0 Å². The lowest BCUT2D eigenvalue weighted by Crippen LogP contribution is -2.08. The highest BCUT2D eigenvalue weighted by molar-refractivity contribution is 6.61. The Morgan fingerprint density at radius 3 is 1.44 bits per heavy atom. The van der Waals surface area contributed by atoms with Crippen LogP contribution >= 0.6 is 11.6 Å². The summed E-state index contributed by atoms with van der Waals surface area (Å²) in [7, 11) is 8.76. The molecule has 15 heteroatoms. The number of aromatic nitrogens is 4. The highest BCUT2D eigenvalue weighted by Crippen LogP contribution is 2.32. The Hall–Kier alpha value is -6.93. The number of rotatable bonds is 11. The van der Waals surface area contributed by atoms with Crippen molar-refractivity contribution in [2.24, 2.45) is 0 Å². The summed E-state index contributed by atoms with van der Waals surface area (Å²) in [6, 6.07) is 29.9. The number of carbonyl (C=O) groups is 2. The number of halogens is 1. The molecule has 0 amide bonds. The first kappa shape index (κ1) is 42.8. The molecule has 57 heavy (non-hydrogen) atoms. The zero-order valence-corrected chi connectivity index (χ0v) is 32.9. The third-order valence-corrected chi connectivity index (χ3v) is 8.13. The van der Waals surface area contributed by atoms with E-state index in [9.17, 15) is 14.7 Å². The van der Waals surface area contributed by atoms with Gasteiger partial charge >= 0.3 is 11.6 Å². The maximum atomic E-state index is 11.4. The zero-order chi connectivity index (χ0) is 41.2. The van der Waals surface area contributed by atoms with Gasteiger partial charge in [-0.1, -0.05) is 36.4 Å². The van der Waals surface area contributed by atoms with E-state index in [1.54, 1.807) is 44.8 Å². The number of nitrogens with zero attached hydrogens (tertiary/aromatic N) is 4. The van der Waals surface area contributed by atoms with E-state index in [1.807, 2.05) is 72.8 Å². The molecule has 0 spiro atoms. The summed E-state index contributed by atoms with van der Waals surface area (Å²) in [5, 5.41) is 9.90. The van der Waals surface area contributed by atoms with E-state index in [0.717, 1.165) is 56.5 Å². The minimum atomic E-state index is -0.809. The molecule has 4 aromatic carbocycles. The summed E-state index contributed by atoms with van der Waals surface area (Å²) in [6.45, 7) is 0. The van der Waals surface area contributed by atoms with Crippen LogP contribution in [0, 0.1) is 0 Å². The molecular formula is C42H41ClN4O10. The maximum Gasteiger partial charge on any atom is 0.513 e. The van der Waals surface area contributed by atoms with E-state index in [-0.39, 0.29) is 11.5 Å². The van der Waals surface area contributed by atoms with E-state index in [0.29, 0.717) is 24.3 Å². The predicted molar refractivity (Wildman–Crippen MR) is 213 cm³/mol.